The van der Waals surface area contributed by atoms with Crippen LogP contribution >= 0.6 is 0 Å². The third kappa shape index (κ3) is 4.24. The van der Waals surface area contributed by atoms with Crippen LogP contribution in [0.3, 0.4) is 0 Å². The first-order chi connectivity index (χ1) is 14.3. The van der Waals surface area contributed by atoms with Crippen LogP contribution in [0, 0.1) is 17.5 Å². The normalized spacial score (nSPS) is 17.4. The molecule has 4 nitrogen and oxygen atoms in total. The fraction of sp³-hybridized carbons (Fsp3) is 0.174. The van der Waals surface area contributed by atoms with Gasteiger partial charge in [-0.1, -0.05) is 24.3 Å². The highest BCUT2D eigenvalue weighted by atomic mass is 35.5. The molecule has 3 aromatic rings. The van der Waals surface area contributed by atoms with Crippen LogP contribution in [-0.4, -0.2) is 16.6 Å². The van der Waals surface area contributed by atoms with E-state index < -0.39 is 29.0 Å². The molecular weight excluding hydrogens is 431 g/mol. The standard InChI is InChI=1S/C23H18F3NO3.ClH/c24-18-8-7-17(20(25)21(18)26)16-3-1-2-4-19(16)30-15-6-5-13-9-10-23(27,22(28)29)12-14(13)11-15;/h1-8,11H,9-10,12,27H2,(H,28,29);1H. The number of aliphatic carboxylic acids is 1. The summed E-state index contributed by atoms with van der Waals surface area (Å²) in [4.78, 5) is 11.6. The summed E-state index contributed by atoms with van der Waals surface area (Å²) in [5.74, 6) is -4.36. The van der Waals surface area contributed by atoms with E-state index in [-0.39, 0.29) is 35.7 Å². The van der Waals surface area contributed by atoms with E-state index in [1.165, 1.54) is 0 Å². The molecule has 31 heavy (non-hydrogen) atoms. The van der Waals surface area contributed by atoms with Crippen molar-refractivity contribution in [2.24, 2.45) is 0 Å². The van der Waals surface area contributed by atoms with Crippen molar-refractivity contribution in [1.29, 1.82) is 0 Å². The second kappa shape index (κ2) is 8.61. The number of quaternary nitrogens is 1. The monoisotopic (exact) mass is 449 g/mol. The summed E-state index contributed by atoms with van der Waals surface area (Å²) in [6.07, 6.45) is 1.32. The van der Waals surface area contributed by atoms with Gasteiger partial charge in [0.1, 0.15) is 11.5 Å². The van der Waals surface area contributed by atoms with Gasteiger partial charge in [0.2, 0.25) is 0 Å². The summed E-state index contributed by atoms with van der Waals surface area (Å²) >= 11 is 0. The molecule has 0 saturated carbocycles. The summed E-state index contributed by atoms with van der Waals surface area (Å²) < 4.78 is 47.3. The first kappa shape index (κ1) is 22.7. The number of para-hydroxylation sites is 1. The number of rotatable bonds is 4. The lowest BCUT2D eigenvalue weighted by atomic mass is 9.78. The Hall–Kier alpha value is -3.03. The average molecular weight is 450 g/mol. The van der Waals surface area contributed by atoms with E-state index >= 15 is 0 Å². The Balaban J connectivity index is 0.00000272. The largest absolute Gasteiger partial charge is 1.00 e. The summed E-state index contributed by atoms with van der Waals surface area (Å²) in [5, 5.41) is 9.47. The number of carboxylic acid groups (broad SMARTS) is 1. The molecule has 1 aliphatic carbocycles. The minimum atomic E-state index is -1.54. The van der Waals surface area contributed by atoms with Gasteiger partial charge in [-0.2, -0.15) is 0 Å². The molecule has 1 unspecified atom stereocenters. The number of benzene rings is 3. The zero-order chi connectivity index (χ0) is 21.5. The molecule has 0 saturated heterocycles. The van der Waals surface area contributed by atoms with E-state index in [1.54, 1.807) is 36.4 Å². The molecule has 0 radical (unpaired) electrons. The molecular formula is C23H19ClF3NO3. The summed E-state index contributed by atoms with van der Waals surface area (Å²) in [6, 6.07) is 13.8. The molecule has 0 bridgehead atoms. The van der Waals surface area contributed by atoms with E-state index in [0.717, 1.165) is 23.3 Å². The van der Waals surface area contributed by atoms with Crippen LogP contribution < -0.4 is 22.9 Å². The van der Waals surface area contributed by atoms with Crippen molar-refractivity contribution in [3.8, 4) is 22.6 Å². The Morgan fingerprint density at radius 3 is 2.45 bits per heavy atom. The van der Waals surface area contributed by atoms with Crippen LogP contribution in [0.2, 0.25) is 0 Å². The first-order valence-corrected chi connectivity index (χ1v) is 9.40. The Morgan fingerprint density at radius 1 is 0.968 bits per heavy atom. The lowest BCUT2D eigenvalue weighted by Crippen LogP contribution is -3.00. The Morgan fingerprint density at radius 2 is 1.71 bits per heavy atom. The summed E-state index contributed by atoms with van der Waals surface area (Å²) in [5.41, 5.74) is 4.79. The SMILES string of the molecule is [Cl-].[NH3+]C1(C(=O)O)CCc2ccc(Oc3ccccc3-c3ccc(F)c(F)c3F)cc2C1. The lowest BCUT2D eigenvalue weighted by Gasteiger charge is -2.28. The highest BCUT2D eigenvalue weighted by Gasteiger charge is 2.41. The van der Waals surface area contributed by atoms with Gasteiger partial charge in [-0.05, 0) is 47.9 Å². The Bertz CT molecular complexity index is 1150. The minimum Gasteiger partial charge on any atom is -1.00 e. The number of halogens is 4. The second-order valence-corrected chi connectivity index (χ2v) is 7.51. The summed E-state index contributed by atoms with van der Waals surface area (Å²) in [7, 11) is 0. The molecule has 0 fully saturated rings. The topological polar surface area (TPSA) is 74.2 Å². The van der Waals surface area contributed by atoms with Gasteiger partial charge < -0.3 is 28.0 Å². The number of fused-ring (bicyclic) bond motifs is 1. The third-order valence-electron chi connectivity index (χ3n) is 5.47. The van der Waals surface area contributed by atoms with E-state index in [2.05, 4.69) is 5.73 Å². The molecule has 0 spiro atoms. The van der Waals surface area contributed by atoms with Crippen LogP contribution in [0.1, 0.15) is 17.5 Å². The van der Waals surface area contributed by atoms with E-state index in [9.17, 15) is 23.1 Å². The number of carbonyl (C=O) groups is 1. The van der Waals surface area contributed by atoms with Crippen LogP contribution in [0.5, 0.6) is 11.5 Å². The van der Waals surface area contributed by atoms with E-state index in [0.29, 0.717) is 18.6 Å². The lowest BCUT2D eigenvalue weighted by molar-refractivity contribution is -0.464. The van der Waals surface area contributed by atoms with Crippen LogP contribution in [-0.2, 0) is 17.6 Å². The quantitative estimate of drug-likeness (QED) is 0.586. The van der Waals surface area contributed by atoms with Gasteiger partial charge in [-0.3, -0.25) is 0 Å². The second-order valence-electron chi connectivity index (χ2n) is 7.51. The fourth-order valence-electron chi connectivity index (χ4n) is 3.72. The maximum atomic E-state index is 14.3. The molecule has 1 atom stereocenters. The van der Waals surface area contributed by atoms with Crippen molar-refractivity contribution in [3.05, 3.63) is 83.2 Å². The van der Waals surface area contributed by atoms with Gasteiger partial charge in [-0.25, -0.2) is 18.0 Å². The predicted octanol–water partition coefficient (Wildman–Crippen LogP) is 1.12. The summed E-state index contributed by atoms with van der Waals surface area (Å²) in [6.45, 7) is 0. The minimum absolute atomic E-state index is 0. The van der Waals surface area contributed by atoms with E-state index in [1.807, 2.05) is 6.07 Å². The molecule has 0 aliphatic heterocycles. The number of ether oxygens (including phenoxy) is 1. The molecule has 3 aromatic carbocycles. The smallest absolute Gasteiger partial charge is 0.365 e. The van der Waals surface area contributed by atoms with Gasteiger partial charge in [-0.15, -0.1) is 0 Å². The zero-order valence-corrected chi connectivity index (χ0v) is 17.1. The number of carboxylic acids is 1. The van der Waals surface area contributed by atoms with Crippen LogP contribution in [0.4, 0.5) is 13.2 Å². The van der Waals surface area contributed by atoms with Gasteiger partial charge in [0.25, 0.3) is 0 Å². The van der Waals surface area contributed by atoms with Crippen molar-refractivity contribution in [2.45, 2.75) is 24.8 Å². The number of aryl methyl sites for hydroxylation is 1. The highest BCUT2D eigenvalue weighted by Crippen LogP contribution is 2.37. The van der Waals surface area contributed by atoms with Gasteiger partial charge >= 0.3 is 5.97 Å². The predicted molar refractivity (Wildman–Crippen MR) is 104 cm³/mol. The van der Waals surface area contributed by atoms with Crippen molar-refractivity contribution in [2.75, 3.05) is 0 Å². The zero-order valence-electron chi connectivity index (χ0n) is 16.3. The Kier molecular flexibility index (Phi) is 6.29. The molecule has 0 heterocycles. The average Bonchev–Trinajstić information content (AvgIpc) is 2.72. The molecule has 0 amide bonds. The fourth-order valence-corrected chi connectivity index (χ4v) is 3.72. The molecule has 4 N–H and O–H groups in total. The first-order valence-electron chi connectivity index (χ1n) is 9.40. The molecule has 8 heteroatoms. The van der Waals surface area contributed by atoms with Crippen LogP contribution in [0.15, 0.2) is 54.6 Å². The number of hydrogen-bond acceptors (Lipinski definition) is 2. The molecule has 0 aromatic heterocycles. The maximum Gasteiger partial charge on any atom is 0.365 e. The van der Waals surface area contributed by atoms with E-state index in [4.69, 9.17) is 4.74 Å². The van der Waals surface area contributed by atoms with Crippen LogP contribution in [0.25, 0.3) is 11.1 Å². The van der Waals surface area contributed by atoms with Crippen molar-refractivity contribution >= 4 is 5.97 Å². The Labute approximate surface area is 182 Å². The van der Waals surface area contributed by atoms with Gasteiger partial charge in [0.05, 0.1) is 0 Å². The molecule has 162 valence electrons. The van der Waals surface area contributed by atoms with Gasteiger partial charge in [0, 0.05) is 24.0 Å². The van der Waals surface area contributed by atoms with Crippen molar-refractivity contribution in [3.63, 3.8) is 0 Å². The third-order valence-corrected chi connectivity index (χ3v) is 5.47. The maximum absolute atomic E-state index is 14.3. The number of hydrogen-bond donors (Lipinski definition) is 2. The van der Waals surface area contributed by atoms with Gasteiger partial charge in [0.15, 0.2) is 23.0 Å². The molecule has 4 rings (SSSR count). The van der Waals surface area contributed by atoms with Crippen molar-refractivity contribution in [1.82, 2.24) is 0 Å². The molecule has 1 aliphatic rings. The highest BCUT2D eigenvalue weighted by molar-refractivity contribution is 5.78. The van der Waals surface area contributed by atoms with Crippen molar-refractivity contribution < 1.29 is 45.9 Å².